The molecule has 54 heavy (non-hydrogen) atoms. The third-order valence-corrected chi connectivity index (χ3v) is 13.2. The number of nitrogens with zero attached hydrogens (tertiary/aromatic N) is 3. The highest BCUT2D eigenvalue weighted by molar-refractivity contribution is 8.76. The lowest BCUT2D eigenvalue weighted by atomic mass is 10.0. The molecule has 19 heteroatoms. The van der Waals surface area contributed by atoms with Crippen LogP contribution in [0.25, 0.3) is 0 Å². The number of aliphatic imine (C=N–C) groups is 1. The van der Waals surface area contributed by atoms with Gasteiger partial charge in [0.2, 0.25) is 23.6 Å². The molecule has 0 saturated heterocycles. The summed E-state index contributed by atoms with van der Waals surface area (Å²) in [6.45, 7) is 7.14. The summed E-state index contributed by atoms with van der Waals surface area (Å²) in [7, 11) is 2.53. The van der Waals surface area contributed by atoms with E-state index in [2.05, 4.69) is 41.5 Å². The maximum Gasteiger partial charge on any atom is 0.271 e. The highest BCUT2D eigenvalue weighted by atomic mass is 33.1. The van der Waals surface area contributed by atoms with Crippen LogP contribution in [0.15, 0.2) is 46.1 Å². The van der Waals surface area contributed by atoms with Crippen molar-refractivity contribution < 1.29 is 33.8 Å². The molecule has 0 fully saturated rings. The van der Waals surface area contributed by atoms with E-state index in [1.54, 1.807) is 17.7 Å². The van der Waals surface area contributed by atoms with Gasteiger partial charge in [-0.2, -0.15) is 0 Å². The van der Waals surface area contributed by atoms with Crippen LogP contribution in [0.5, 0.6) is 0 Å². The Morgan fingerprint density at radius 2 is 1.37 bits per heavy atom. The number of rotatable bonds is 5. The Balaban J connectivity index is 1.41. The number of aliphatic hydroxyl groups is 1. The number of aromatic nitrogens is 2. The third kappa shape index (κ3) is 9.60. The number of fused-ring (bicyclic) bond motifs is 11. The average Bonchev–Trinajstić information content (AvgIpc) is 3.90. The fourth-order valence-corrected chi connectivity index (χ4v) is 10.1. The predicted octanol–water partition coefficient (Wildman–Crippen LogP) is 2.56. The summed E-state index contributed by atoms with van der Waals surface area (Å²) in [4.78, 5) is 82.8. The first-order chi connectivity index (χ1) is 25.9. The van der Waals surface area contributed by atoms with Gasteiger partial charge < -0.3 is 36.4 Å². The Morgan fingerprint density at radius 1 is 0.778 bits per heavy atom. The van der Waals surface area contributed by atoms with E-state index in [4.69, 9.17) is 4.74 Å². The zero-order chi connectivity index (χ0) is 38.5. The highest BCUT2D eigenvalue weighted by Gasteiger charge is 2.39. The van der Waals surface area contributed by atoms with Crippen molar-refractivity contribution in [2.75, 3.05) is 11.5 Å². The maximum atomic E-state index is 13.9. The van der Waals surface area contributed by atoms with Crippen molar-refractivity contribution in [3.63, 3.8) is 0 Å². The second-order valence-corrected chi connectivity index (χ2v) is 18.0. The van der Waals surface area contributed by atoms with E-state index in [9.17, 15) is 29.1 Å². The molecule has 3 aromatic rings. The van der Waals surface area contributed by atoms with Gasteiger partial charge >= 0.3 is 0 Å². The first-order valence-electron chi connectivity index (χ1n) is 17.5. The van der Waals surface area contributed by atoms with Crippen molar-refractivity contribution >= 4 is 79.7 Å². The second-order valence-electron chi connectivity index (χ2n) is 13.7. The Kier molecular flexibility index (Phi) is 12.9. The Hall–Kier alpha value is -4.04. The molecule has 1 aromatic carbocycles. The van der Waals surface area contributed by atoms with Crippen molar-refractivity contribution in [3.8, 4) is 0 Å². The van der Waals surface area contributed by atoms with Gasteiger partial charge in [0.05, 0.1) is 18.2 Å². The monoisotopic (exact) mass is 814 g/mol. The molecule has 0 spiro atoms. The largest absolute Gasteiger partial charge is 0.474 e. The van der Waals surface area contributed by atoms with Gasteiger partial charge in [0.25, 0.3) is 11.8 Å². The minimum absolute atomic E-state index is 0.0438. The number of nitrogens with one attached hydrogen (secondary N) is 5. The molecule has 8 atom stereocenters. The zero-order valence-corrected chi connectivity index (χ0v) is 33.2. The molecule has 6 N–H and O–H groups in total. The summed E-state index contributed by atoms with van der Waals surface area (Å²) in [6, 6.07) is 3.86. The molecule has 6 rings (SSSR count). The number of benzene rings is 1. The molecule has 3 aliphatic rings. The molecule has 0 saturated carbocycles. The minimum Gasteiger partial charge on any atom is -0.474 e. The normalized spacial score (nSPS) is 27.6. The summed E-state index contributed by atoms with van der Waals surface area (Å²) in [5, 5.41) is 29.2. The molecular formula is C35H42N8O7S4. The van der Waals surface area contributed by atoms with Gasteiger partial charge in [0.1, 0.15) is 45.6 Å². The molecule has 5 heterocycles. The van der Waals surface area contributed by atoms with Gasteiger partial charge in [-0.15, -0.1) is 22.7 Å². The van der Waals surface area contributed by atoms with Crippen LogP contribution in [0.4, 0.5) is 0 Å². The maximum absolute atomic E-state index is 13.9. The van der Waals surface area contributed by atoms with Crippen molar-refractivity contribution in [2.45, 2.75) is 89.0 Å². The lowest BCUT2D eigenvalue weighted by molar-refractivity contribution is -0.132. The SMILES string of the molecule is CC(C)C[C@H]1NC(=O)[C@H]2N=C(O[C@@H]2C)[C@@H]2CSSC[C@H](NC(=O)c3csc1n3)C(=O)N[C@@H]([C@H](C)O)C(=O)N[C@H](Cc1ccccc1)c1nc(cs1)C(=O)N2. The number of aliphatic hydroxyl groups excluding tert-OH is 1. The number of carbonyl (C=O) groups is 5. The van der Waals surface area contributed by atoms with E-state index < -0.39 is 72.1 Å². The van der Waals surface area contributed by atoms with Gasteiger partial charge in [0, 0.05) is 22.3 Å². The topological polar surface area (TPSA) is 213 Å². The Bertz CT molecular complexity index is 1890. The third-order valence-electron chi connectivity index (χ3n) is 8.85. The van der Waals surface area contributed by atoms with Crippen LogP contribution in [-0.2, 0) is 25.5 Å². The number of ether oxygens (including phenoxy) is 1. The van der Waals surface area contributed by atoms with E-state index in [0.29, 0.717) is 22.9 Å². The van der Waals surface area contributed by atoms with Crippen LogP contribution in [0.3, 0.4) is 0 Å². The molecule has 3 aliphatic heterocycles. The van der Waals surface area contributed by atoms with E-state index in [1.165, 1.54) is 51.2 Å². The van der Waals surface area contributed by atoms with Crippen molar-refractivity contribution in [1.29, 1.82) is 0 Å². The first-order valence-corrected chi connectivity index (χ1v) is 21.8. The summed E-state index contributed by atoms with van der Waals surface area (Å²) in [5.74, 6) is -2.28. The van der Waals surface area contributed by atoms with E-state index in [1.807, 2.05) is 44.2 Å². The van der Waals surface area contributed by atoms with Crippen molar-refractivity contribution in [2.24, 2.45) is 10.9 Å². The summed E-state index contributed by atoms with van der Waals surface area (Å²) in [6.07, 6.45) is -1.12. The number of hydrogen-bond acceptors (Lipinski definition) is 14. The fourth-order valence-electron chi connectivity index (χ4n) is 6.05. The van der Waals surface area contributed by atoms with Crippen LogP contribution in [0.2, 0.25) is 0 Å². The fraction of sp³-hybridized carbons (Fsp3) is 0.486. The van der Waals surface area contributed by atoms with Crippen molar-refractivity contribution in [1.82, 2.24) is 36.6 Å². The summed E-state index contributed by atoms with van der Waals surface area (Å²) in [5.41, 5.74) is 1.05. The zero-order valence-electron chi connectivity index (χ0n) is 29.9. The van der Waals surface area contributed by atoms with Crippen LogP contribution in [0.1, 0.15) is 82.8 Å². The Morgan fingerprint density at radius 3 is 2.00 bits per heavy atom. The van der Waals surface area contributed by atoms with E-state index in [-0.39, 0.29) is 40.6 Å². The van der Waals surface area contributed by atoms with Crippen LogP contribution in [0, 0.1) is 5.92 Å². The Labute approximate surface area is 328 Å². The van der Waals surface area contributed by atoms with Gasteiger partial charge in [-0.3, -0.25) is 24.0 Å². The molecular weight excluding hydrogens is 773 g/mol. The summed E-state index contributed by atoms with van der Waals surface area (Å²) < 4.78 is 6.14. The van der Waals surface area contributed by atoms with Crippen LogP contribution < -0.4 is 26.6 Å². The van der Waals surface area contributed by atoms with Gasteiger partial charge in [-0.25, -0.2) is 15.0 Å². The molecule has 8 bridgehead atoms. The number of amides is 5. The molecule has 15 nitrogen and oxygen atoms in total. The standard InChI is InChI=1S/C35H42N8O7S4/c1-16(2)10-20-34-40-22(12-51-34)28(45)38-24-14-53-54-15-25(33-43-27(18(4)50-33)32(49)36-20)39-29(46)23-13-52-35(41-23)21(11-19-8-6-5-7-9-19)37-31(48)26(17(3)44)42-30(24)47/h5-9,12-13,16-18,20-21,24-27,44H,10-11,14-15H2,1-4H3,(H,36,49)(H,37,48)(H,38,45)(H,39,46)(H,42,47)/t17-,18+,20+,21+,24-,25-,26-,27-/m0/s1. The van der Waals surface area contributed by atoms with Crippen LogP contribution in [-0.4, -0.2) is 98.4 Å². The minimum atomic E-state index is -1.39. The van der Waals surface area contributed by atoms with E-state index in [0.717, 1.165) is 5.56 Å². The van der Waals surface area contributed by atoms with Gasteiger partial charge in [-0.05, 0) is 38.2 Å². The average molecular weight is 815 g/mol. The lowest BCUT2D eigenvalue weighted by Crippen LogP contribution is -2.58. The van der Waals surface area contributed by atoms with Crippen molar-refractivity contribution in [3.05, 3.63) is 68.1 Å². The van der Waals surface area contributed by atoms with Crippen LogP contribution >= 0.6 is 44.3 Å². The van der Waals surface area contributed by atoms with Gasteiger partial charge in [0.15, 0.2) is 6.04 Å². The molecule has 2 aromatic heterocycles. The van der Waals surface area contributed by atoms with Gasteiger partial charge in [-0.1, -0.05) is 65.8 Å². The van der Waals surface area contributed by atoms with E-state index >= 15 is 0 Å². The number of hydrogen-bond donors (Lipinski definition) is 6. The second kappa shape index (κ2) is 17.6. The lowest BCUT2D eigenvalue weighted by Gasteiger charge is -2.26. The summed E-state index contributed by atoms with van der Waals surface area (Å²) >= 11 is 2.39. The molecule has 5 amide bonds. The highest BCUT2D eigenvalue weighted by Crippen LogP contribution is 2.29. The quantitative estimate of drug-likeness (QED) is 0.206. The number of carbonyl (C=O) groups excluding carboxylic acids is 5. The first kappa shape index (κ1) is 39.6. The predicted molar refractivity (Wildman–Crippen MR) is 208 cm³/mol. The molecule has 0 radical (unpaired) electrons. The molecule has 0 unspecified atom stereocenters. The molecule has 0 aliphatic carbocycles. The molecule has 288 valence electrons. The number of thiazole rings is 2. The smallest absolute Gasteiger partial charge is 0.271 e.